The van der Waals surface area contributed by atoms with E-state index in [1.807, 2.05) is 0 Å². The van der Waals surface area contributed by atoms with Crippen LogP contribution < -0.4 is 0 Å². The van der Waals surface area contributed by atoms with Crippen LogP contribution in [0, 0.1) is 0 Å². The summed E-state index contributed by atoms with van der Waals surface area (Å²) in [6.45, 7) is 6.75. The third-order valence-electron chi connectivity index (χ3n) is 2.07. The molecule has 0 aromatic carbocycles. The normalized spacial score (nSPS) is 10.3. The lowest BCUT2D eigenvalue weighted by Crippen LogP contribution is -2.21. The molecule has 0 aliphatic rings. The fourth-order valence-electron chi connectivity index (χ4n) is 1.24. The Morgan fingerprint density at radius 3 is 1.67 bits per heavy atom. The van der Waals surface area contributed by atoms with E-state index in [0.717, 1.165) is 0 Å². The first-order valence-electron chi connectivity index (χ1n) is 5.05. The van der Waals surface area contributed by atoms with Crippen molar-refractivity contribution in [1.29, 1.82) is 0 Å². The van der Waals surface area contributed by atoms with Crippen LogP contribution in [0.15, 0.2) is 0 Å². The highest BCUT2D eigenvalue weighted by atomic mass is 15.1. The Morgan fingerprint density at radius 2 is 1.33 bits per heavy atom. The summed E-state index contributed by atoms with van der Waals surface area (Å²) in [7, 11) is 6.70. The first-order valence-corrected chi connectivity index (χ1v) is 5.05. The van der Waals surface area contributed by atoms with Gasteiger partial charge in [0.2, 0.25) is 0 Å². The minimum absolute atomic E-state index is 1.24. The van der Waals surface area contributed by atoms with E-state index >= 15 is 0 Å². The molecule has 1 nitrogen and oxygen atoms in total. The van der Waals surface area contributed by atoms with Gasteiger partial charge in [0.05, 0.1) is 0 Å². The average Bonchev–Trinajstić information content (AvgIpc) is 2.06. The molecule has 0 N–H and O–H groups in total. The van der Waals surface area contributed by atoms with Gasteiger partial charge in [-0.05, 0) is 33.0 Å². The van der Waals surface area contributed by atoms with Crippen molar-refractivity contribution in [3.63, 3.8) is 0 Å². The van der Waals surface area contributed by atoms with Crippen LogP contribution in [0.1, 0.15) is 12.8 Å². The molecule has 0 heterocycles. The Balaban J connectivity index is 3.04. The van der Waals surface area contributed by atoms with Crippen LogP contribution in [0.5, 0.6) is 0 Å². The maximum Gasteiger partial charge on any atom is 0.105 e. The molecule has 0 spiro atoms. The van der Waals surface area contributed by atoms with Crippen molar-refractivity contribution in [2.24, 2.45) is 0 Å². The fraction of sp³-hybridized carbons (Fsp3) is 1.00. The van der Waals surface area contributed by atoms with Crippen molar-refractivity contribution in [2.75, 3.05) is 20.1 Å². The molecule has 0 aliphatic carbocycles. The van der Waals surface area contributed by atoms with Gasteiger partial charge in [-0.25, -0.2) is 0 Å². The van der Waals surface area contributed by atoms with E-state index in [2.05, 4.69) is 40.2 Å². The van der Waals surface area contributed by atoms with E-state index in [1.54, 1.807) is 0 Å². The lowest BCUT2D eigenvalue weighted by Gasteiger charge is -2.15. The van der Waals surface area contributed by atoms with Gasteiger partial charge in [-0.15, -0.1) is 0 Å². The number of hydrogen-bond acceptors (Lipinski definition) is 1. The molecule has 0 atom stereocenters. The second-order valence-corrected chi connectivity index (χ2v) is 3.40. The quantitative estimate of drug-likeness (QED) is 0.392. The van der Waals surface area contributed by atoms with Crippen molar-refractivity contribution in [2.45, 2.75) is 39.1 Å². The monoisotopic (exact) mass is 165 g/mol. The highest BCUT2D eigenvalue weighted by molar-refractivity contribution is 6.33. The minimum Gasteiger partial charge on any atom is -0.306 e. The summed E-state index contributed by atoms with van der Waals surface area (Å²) in [5, 5.41) is 0. The van der Waals surface area contributed by atoms with Crippen molar-refractivity contribution >= 4 is 14.6 Å². The smallest absolute Gasteiger partial charge is 0.105 e. The summed E-state index contributed by atoms with van der Waals surface area (Å²) in [6.07, 6.45) is 5.13. The molecule has 0 fully saturated rings. The Bertz CT molecular complexity index is 78.6. The van der Waals surface area contributed by atoms with E-state index in [1.165, 1.54) is 38.6 Å². The molecule has 0 aromatic rings. The fourth-order valence-corrected chi connectivity index (χ4v) is 1.24. The standard InChI is InChI=1S/C9H21B2N/c1-10-6-4-8-12(3)9-5-7-11-2/h4-9H2,1-3H3. The van der Waals surface area contributed by atoms with E-state index in [0.29, 0.717) is 0 Å². The Labute approximate surface area is 79.4 Å². The molecule has 0 saturated carbocycles. The molecule has 12 heavy (non-hydrogen) atoms. The predicted octanol–water partition coefficient (Wildman–Crippen LogP) is 2.04. The van der Waals surface area contributed by atoms with Gasteiger partial charge in [0.15, 0.2) is 0 Å². The third kappa shape index (κ3) is 8.19. The summed E-state index contributed by atoms with van der Waals surface area (Å²) >= 11 is 0. The van der Waals surface area contributed by atoms with Crippen LogP contribution in [-0.4, -0.2) is 39.6 Å². The topological polar surface area (TPSA) is 3.24 Å². The molecule has 3 heteroatoms. The maximum atomic E-state index is 2.42. The summed E-state index contributed by atoms with van der Waals surface area (Å²) in [5.74, 6) is 0. The van der Waals surface area contributed by atoms with Crippen molar-refractivity contribution in [3.05, 3.63) is 0 Å². The van der Waals surface area contributed by atoms with Crippen molar-refractivity contribution in [3.8, 4) is 0 Å². The molecule has 0 unspecified atom stereocenters. The Morgan fingerprint density at radius 1 is 0.917 bits per heavy atom. The lowest BCUT2D eigenvalue weighted by atomic mass is 9.76. The average molecular weight is 165 g/mol. The molecule has 0 rings (SSSR count). The number of rotatable bonds is 8. The zero-order chi connectivity index (χ0) is 9.23. The first kappa shape index (κ1) is 12.1. The van der Waals surface area contributed by atoms with Gasteiger partial charge in [0, 0.05) is 0 Å². The van der Waals surface area contributed by atoms with E-state index in [-0.39, 0.29) is 0 Å². The van der Waals surface area contributed by atoms with Gasteiger partial charge in [-0.1, -0.05) is 26.3 Å². The largest absolute Gasteiger partial charge is 0.306 e. The van der Waals surface area contributed by atoms with Crippen LogP contribution in [0.2, 0.25) is 26.3 Å². The van der Waals surface area contributed by atoms with Gasteiger partial charge in [-0.2, -0.15) is 0 Å². The number of hydrogen-bond donors (Lipinski definition) is 0. The van der Waals surface area contributed by atoms with Gasteiger partial charge in [0.25, 0.3) is 0 Å². The molecule has 0 aliphatic heterocycles. The summed E-state index contributed by atoms with van der Waals surface area (Å²) in [6, 6.07) is 0. The van der Waals surface area contributed by atoms with E-state index in [9.17, 15) is 0 Å². The molecule has 0 saturated heterocycles. The SMILES string of the molecule is C[B]CCCN(C)CCC[B]C. The van der Waals surface area contributed by atoms with Gasteiger partial charge >= 0.3 is 0 Å². The third-order valence-corrected chi connectivity index (χ3v) is 2.07. The van der Waals surface area contributed by atoms with E-state index in [4.69, 9.17) is 0 Å². The summed E-state index contributed by atoms with van der Waals surface area (Å²) < 4.78 is 0. The summed E-state index contributed by atoms with van der Waals surface area (Å²) in [5.41, 5.74) is 0. The molecule has 2 radical (unpaired) electrons. The zero-order valence-electron chi connectivity index (χ0n) is 8.84. The van der Waals surface area contributed by atoms with Gasteiger partial charge < -0.3 is 4.90 Å². The molecular weight excluding hydrogens is 144 g/mol. The molecule has 0 aromatic heterocycles. The van der Waals surface area contributed by atoms with Crippen molar-refractivity contribution in [1.82, 2.24) is 4.90 Å². The van der Waals surface area contributed by atoms with Crippen LogP contribution in [0.4, 0.5) is 0 Å². The molecule has 68 valence electrons. The zero-order valence-corrected chi connectivity index (χ0v) is 8.84. The van der Waals surface area contributed by atoms with Gasteiger partial charge in [0.1, 0.15) is 14.6 Å². The second-order valence-electron chi connectivity index (χ2n) is 3.40. The van der Waals surface area contributed by atoms with Crippen LogP contribution in [0.3, 0.4) is 0 Å². The van der Waals surface area contributed by atoms with Gasteiger partial charge in [-0.3, -0.25) is 0 Å². The van der Waals surface area contributed by atoms with Crippen LogP contribution in [0.25, 0.3) is 0 Å². The number of nitrogens with zero attached hydrogens (tertiary/aromatic N) is 1. The van der Waals surface area contributed by atoms with Crippen LogP contribution in [-0.2, 0) is 0 Å². The lowest BCUT2D eigenvalue weighted by molar-refractivity contribution is 0.335. The van der Waals surface area contributed by atoms with E-state index < -0.39 is 0 Å². The second kappa shape index (κ2) is 9.18. The molecule has 0 amide bonds. The first-order chi connectivity index (χ1) is 5.81. The minimum atomic E-state index is 1.24. The van der Waals surface area contributed by atoms with Crippen molar-refractivity contribution < 1.29 is 0 Å². The Hall–Kier alpha value is 0.0899. The van der Waals surface area contributed by atoms with Crippen LogP contribution >= 0.6 is 0 Å². The highest BCUT2D eigenvalue weighted by Crippen LogP contribution is 1.96. The predicted molar refractivity (Wildman–Crippen MR) is 59.6 cm³/mol. The maximum absolute atomic E-state index is 2.42. The summed E-state index contributed by atoms with van der Waals surface area (Å²) in [4.78, 5) is 2.42. The highest BCUT2D eigenvalue weighted by Gasteiger charge is 1.96. The Kier molecular flexibility index (Phi) is 9.25. The molecular formula is C9H21B2N. The molecule has 0 bridgehead atoms.